The number of anilines is 1. The molecular weight excluding hydrogens is 248 g/mol. The lowest BCUT2D eigenvalue weighted by Crippen LogP contribution is -1.92. The zero-order valence-electron chi connectivity index (χ0n) is 11.3. The van der Waals surface area contributed by atoms with E-state index in [-0.39, 0.29) is 0 Å². The number of nitrogens with two attached hydrogens (primary N) is 1. The molecule has 0 atom stereocenters. The standard InChI is InChI=1S/C16H16N4/c1-11-3-2-4-13(9-11)16-18-15(19-20-16)10-12-5-7-14(17)8-6-12/h2-9H,10,17H2,1H3,(H,18,19,20). The normalized spacial score (nSPS) is 10.7. The minimum absolute atomic E-state index is 0.721. The molecule has 3 N–H and O–H groups in total. The van der Waals surface area contributed by atoms with Crippen molar-refractivity contribution < 1.29 is 0 Å². The molecule has 1 aromatic heterocycles. The SMILES string of the molecule is Cc1cccc(-c2n[nH]c(Cc3ccc(N)cc3)n2)c1. The monoisotopic (exact) mass is 264 g/mol. The molecule has 0 unspecified atom stereocenters. The fourth-order valence-electron chi connectivity index (χ4n) is 2.12. The van der Waals surface area contributed by atoms with Crippen LogP contribution in [0.15, 0.2) is 48.5 Å². The van der Waals surface area contributed by atoms with Gasteiger partial charge in [-0.1, -0.05) is 35.9 Å². The summed E-state index contributed by atoms with van der Waals surface area (Å²) in [4.78, 5) is 4.54. The Morgan fingerprint density at radius 1 is 1.10 bits per heavy atom. The molecule has 4 nitrogen and oxygen atoms in total. The lowest BCUT2D eigenvalue weighted by molar-refractivity contribution is 0.973. The number of nitrogen functional groups attached to an aromatic ring is 1. The molecule has 0 saturated heterocycles. The van der Waals surface area contributed by atoms with Gasteiger partial charge in [-0.05, 0) is 30.7 Å². The second-order valence-corrected chi connectivity index (χ2v) is 4.89. The second kappa shape index (κ2) is 5.17. The van der Waals surface area contributed by atoms with Crippen molar-refractivity contribution in [2.75, 3.05) is 5.73 Å². The van der Waals surface area contributed by atoms with Gasteiger partial charge in [0.1, 0.15) is 5.82 Å². The van der Waals surface area contributed by atoms with E-state index in [0.29, 0.717) is 0 Å². The number of hydrogen-bond donors (Lipinski definition) is 2. The van der Waals surface area contributed by atoms with Crippen LogP contribution in [0.1, 0.15) is 17.0 Å². The first-order valence-corrected chi connectivity index (χ1v) is 6.53. The van der Waals surface area contributed by atoms with Crippen LogP contribution >= 0.6 is 0 Å². The zero-order valence-corrected chi connectivity index (χ0v) is 11.3. The average molecular weight is 264 g/mol. The van der Waals surface area contributed by atoms with Crippen molar-refractivity contribution in [1.29, 1.82) is 0 Å². The third-order valence-electron chi connectivity index (χ3n) is 3.16. The highest BCUT2D eigenvalue weighted by Gasteiger charge is 2.06. The highest BCUT2D eigenvalue weighted by molar-refractivity contribution is 5.55. The van der Waals surface area contributed by atoms with E-state index in [0.717, 1.165) is 34.9 Å². The minimum atomic E-state index is 0.721. The van der Waals surface area contributed by atoms with E-state index in [1.54, 1.807) is 0 Å². The van der Waals surface area contributed by atoms with Gasteiger partial charge in [-0.15, -0.1) is 0 Å². The molecule has 0 spiro atoms. The maximum atomic E-state index is 5.68. The van der Waals surface area contributed by atoms with E-state index in [4.69, 9.17) is 5.73 Å². The fraction of sp³-hybridized carbons (Fsp3) is 0.125. The van der Waals surface area contributed by atoms with Crippen molar-refractivity contribution in [1.82, 2.24) is 15.2 Å². The van der Waals surface area contributed by atoms with Crippen molar-refractivity contribution in [3.63, 3.8) is 0 Å². The van der Waals surface area contributed by atoms with Crippen LogP contribution in [0.5, 0.6) is 0 Å². The smallest absolute Gasteiger partial charge is 0.181 e. The summed E-state index contributed by atoms with van der Waals surface area (Å²) in [6.07, 6.45) is 0.721. The quantitative estimate of drug-likeness (QED) is 0.715. The number of H-pyrrole nitrogens is 1. The molecule has 0 saturated carbocycles. The van der Waals surface area contributed by atoms with Crippen molar-refractivity contribution in [2.24, 2.45) is 0 Å². The molecule has 100 valence electrons. The molecule has 0 radical (unpaired) electrons. The number of aryl methyl sites for hydroxylation is 1. The van der Waals surface area contributed by atoms with Crippen molar-refractivity contribution in [3.05, 3.63) is 65.5 Å². The summed E-state index contributed by atoms with van der Waals surface area (Å²) < 4.78 is 0. The molecule has 4 heteroatoms. The molecule has 3 aromatic rings. The lowest BCUT2D eigenvalue weighted by Gasteiger charge is -1.98. The first-order valence-electron chi connectivity index (χ1n) is 6.53. The van der Waals surface area contributed by atoms with E-state index in [1.807, 2.05) is 36.4 Å². The predicted octanol–water partition coefficient (Wildman–Crippen LogP) is 2.95. The van der Waals surface area contributed by atoms with Gasteiger partial charge < -0.3 is 5.73 Å². The summed E-state index contributed by atoms with van der Waals surface area (Å²) >= 11 is 0. The number of rotatable bonds is 3. The van der Waals surface area contributed by atoms with Gasteiger partial charge >= 0.3 is 0 Å². The third-order valence-corrected chi connectivity index (χ3v) is 3.16. The van der Waals surface area contributed by atoms with Gasteiger partial charge in [-0.3, -0.25) is 5.10 Å². The Hall–Kier alpha value is -2.62. The van der Waals surface area contributed by atoms with E-state index < -0.39 is 0 Å². The van der Waals surface area contributed by atoms with Gasteiger partial charge in [-0.25, -0.2) is 4.98 Å². The van der Waals surface area contributed by atoms with Crippen molar-refractivity contribution >= 4 is 5.69 Å². The number of aromatic nitrogens is 3. The topological polar surface area (TPSA) is 67.6 Å². The van der Waals surface area contributed by atoms with Gasteiger partial charge in [0.15, 0.2) is 5.82 Å². The van der Waals surface area contributed by atoms with E-state index >= 15 is 0 Å². The Labute approximate surface area is 117 Å². The number of nitrogens with zero attached hydrogens (tertiary/aromatic N) is 2. The molecule has 0 bridgehead atoms. The van der Waals surface area contributed by atoms with Crippen molar-refractivity contribution in [2.45, 2.75) is 13.3 Å². The molecule has 1 heterocycles. The van der Waals surface area contributed by atoms with Crippen LogP contribution in [0.25, 0.3) is 11.4 Å². The molecule has 20 heavy (non-hydrogen) atoms. The predicted molar refractivity (Wildman–Crippen MR) is 80.2 cm³/mol. The Balaban J connectivity index is 1.82. The van der Waals surface area contributed by atoms with Crippen LogP contribution in [-0.2, 0) is 6.42 Å². The highest BCUT2D eigenvalue weighted by Crippen LogP contribution is 2.17. The number of nitrogens with one attached hydrogen (secondary N) is 1. The first-order chi connectivity index (χ1) is 9.70. The third kappa shape index (κ3) is 2.69. The molecule has 2 aromatic carbocycles. The molecule has 0 aliphatic rings. The van der Waals surface area contributed by atoms with E-state index in [9.17, 15) is 0 Å². The average Bonchev–Trinajstić information content (AvgIpc) is 2.90. The second-order valence-electron chi connectivity index (χ2n) is 4.89. The minimum Gasteiger partial charge on any atom is -0.399 e. The summed E-state index contributed by atoms with van der Waals surface area (Å²) in [5.74, 6) is 1.59. The van der Waals surface area contributed by atoms with E-state index in [2.05, 4.69) is 34.2 Å². The molecule has 0 aliphatic heterocycles. The summed E-state index contributed by atoms with van der Waals surface area (Å²) in [6, 6.07) is 16.0. The fourth-order valence-corrected chi connectivity index (χ4v) is 2.12. The van der Waals surface area contributed by atoms with Gasteiger partial charge in [0, 0.05) is 17.7 Å². The van der Waals surface area contributed by atoms with Crippen LogP contribution < -0.4 is 5.73 Å². The highest BCUT2D eigenvalue weighted by atomic mass is 15.2. The summed E-state index contributed by atoms with van der Waals surface area (Å²) in [6.45, 7) is 2.06. The first kappa shape index (κ1) is 12.4. The number of hydrogen-bond acceptors (Lipinski definition) is 3. The Morgan fingerprint density at radius 3 is 2.65 bits per heavy atom. The molecule has 3 rings (SSSR count). The summed E-state index contributed by atoms with van der Waals surface area (Å²) in [7, 11) is 0. The van der Waals surface area contributed by atoms with Crippen LogP contribution in [-0.4, -0.2) is 15.2 Å². The van der Waals surface area contributed by atoms with Gasteiger partial charge in [0.2, 0.25) is 0 Å². The van der Waals surface area contributed by atoms with Crippen molar-refractivity contribution in [3.8, 4) is 11.4 Å². The zero-order chi connectivity index (χ0) is 13.9. The van der Waals surface area contributed by atoms with E-state index in [1.165, 1.54) is 5.56 Å². The lowest BCUT2D eigenvalue weighted by atomic mass is 10.1. The van der Waals surface area contributed by atoms with Gasteiger partial charge in [-0.2, -0.15) is 5.10 Å². The molecule has 0 fully saturated rings. The largest absolute Gasteiger partial charge is 0.399 e. The Kier molecular flexibility index (Phi) is 3.21. The van der Waals surface area contributed by atoms with Crippen LogP contribution in [0, 0.1) is 6.92 Å². The van der Waals surface area contributed by atoms with Crippen LogP contribution in [0.2, 0.25) is 0 Å². The maximum Gasteiger partial charge on any atom is 0.181 e. The number of aromatic amines is 1. The number of benzene rings is 2. The summed E-state index contributed by atoms with van der Waals surface area (Å²) in [5.41, 5.74) is 9.84. The van der Waals surface area contributed by atoms with Gasteiger partial charge in [0.05, 0.1) is 0 Å². The maximum absolute atomic E-state index is 5.68. The molecular formula is C16H16N4. The molecule has 0 amide bonds. The Morgan fingerprint density at radius 2 is 1.90 bits per heavy atom. The Bertz CT molecular complexity index is 713. The van der Waals surface area contributed by atoms with Gasteiger partial charge in [0.25, 0.3) is 0 Å². The van der Waals surface area contributed by atoms with Crippen LogP contribution in [0.4, 0.5) is 5.69 Å². The van der Waals surface area contributed by atoms with Crippen LogP contribution in [0.3, 0.4) is 0 Å². The summed E-state index contributed by atoms with van der Waals surface area (Å²) in [5, 5.41) is 7.27. The molecule has 0 aliphatic carbocycles.